The maximum Gasteiger partial charge on any atom is 0.170 e. The van der Waals surface area contributed by atoms with Gasteiger partial charge in [-0.1, -0.05) is 13.8 Å². The molecule has 0 radical (unpaired) electrons. The van der Waals surface area contributed by atoms with Crippen LogP contribution in [-0.4, -0.2) is 29.7 Å². The third-order valence-electron chi connectivity index (χ3n) is 3.11. The van der Waals surface area contributed by atoms with Gasteiger partial charge in [-0.25, -0.2) is 4.98 Å². The third kappa shape index (κ3) is 4.35. The molecule has 1 saturated heterocycles. The fourth-order valence-electron chi connectivity index (χ4n) is 2.07. The molecule has 5 heteroatoms. The van der Waals surface area contributed by atoms with Crippen molar-refractivity contribution in [3.63, 3.8) is 0 Å². The molecule has 19 heavy (non-hydrogen) atoms. The Kier molecular flexibility index (Phi) is 4.96. The van der Waals surface area contributed by atoms with Crippen molar-refractivity contribution in [1.29, 1.82) is 0 Å². The monoisotopic (exact) mass is 278 g/mol. The average molecular weight is 278 g/mol. The van der Waals surface area contributed by atoms with E-state index in [-0.39, 0.29) is 0 Å². The van der Waals surface area contributed by atoms with E-state index >= 15 is 0 Å². The summed E-state index contributed by atoms with van der Waals surface area (Å²) in [5, 5.41) is 6.99. The molecular formula is C14H22N4S. The van der Waals surface area contributed by atoms with Crippen molar-refractivity contribution in [3.05, 3.63) is 18.3 Å². The van der Waals surface area contributed by atoms with Crippen molar-refractivity contribution in [2.75, 3.05) is 29.9 Å². The van der Waals surface area contributed by atoms with Crippen LogP contribution in [0.5, 0.6) is 0 Å². The molecule has 0 spiro atoms. The predicted molar refractivity (Wildman–Crippen MR) is 84.7 cm³/mol. The van der Waals surface area contributed by atoms with Gasteiger partial charge in [0, 0.05) is 19.6 Å². The van der Waals surface area contributed by atoms with E-state index < -0.39 is 0 Å². The van der Waals surface area contributed by atoms with Crippen molar-refractivity contribution < 1.29 is 0 Å². The van der Waals surface area contributed by atoms with Gasteiger partial charge in [-0.15, -0.1) is 0 Å². The third-order valence-corrected chi connectivity index (χ3v) is 3.35. The zero-order chi connectivity index (χ0) is 13.7. The molecule has 0 aromatic carbocycles. The summed E-state index contributed by atoms with van der Waals surface area (Å²) in [4.78, 5) is 6.80. The van der Waals surface area contributed by atoms with Crippen molar-refractivity contribution in [1.82, 2.24) is 10.3 Å². The maximum atomic E-state index is 5.23. The highest BCUT2D eigenvalue weighted by atomic mass is 32.1. The average Bonchev–Trinajstić information content (AvgIpc) is 2.91. The molecule has 104 valence electrons. The molecule has 1 fully saturated rings. The Hall–Kier alpha value is -1.36. The molecule has 1 aliphatic rings. The van der Waals surface area contributed by atoms with Gasteiger partial charge in [0.15, 0.2) is 5.11 Å². The number of hydrogen-bond donors (Lipinski definition) is 2. The number of nitrogens with one attached hydrogen (secondary N) is 2. The summed E-state index contributed by atoms with van der Waals surface area (Å²) in [5.74, 6) is 1.64. The highest BCUT2D eigenvalue weighted by Crippen LogP contribution is 2.18. The van der Waals surface area contributed by atoms with Crippen LogP contribution in [0.2, 0.25) is 0 Å². The van der Waals surface area contributed by atoms with Crippen LogP contribution in [0.25, 0.3) is 0 Å². The topological polar surface area (TPSA) is 40.2 Å². The van der Waals surface area contributed by atoms with Crippen molar-refractivity contribution in [3.8, 4) is 0 Å². The van der Waals surface area contributed by atoms with Gasteiger partial charge in [0.25, 0.3) is 0 Å². The minimum absolute atomic E-state index is 0.579. The van der Waals surface area contributed by atoms with E-state index in [1.54, 1.807) is 0 Å². The summed E-state index contributed by atoms with van der Waals surface area (Å²) >= 11 is 5.23. The number of nitrogens with zero attached hydrogens (tertiary/aromatic N) is 2. The molecule has 0 saturated carbocycles. The van der Waals surface area contributed by atoms with Crippen LogP contribution in [-0.2, 0) is 0 Å². The van der Waals surface area contributed by atoms with Crippen molar-refractivity contribution in [2.24, 2.45) is 5.92 Å². The van der Waals surface area contributed by atoms with E-state index in [9.17, 15) is 0 Å². The van der Waals surface area contributed by atoms with Gasteiger partial charge >= 0.3 is 0 Å². The molecule has 0 aliphatic carbocycles. The van der Waals surface area contributed by atoms with Gasteiger partial charge in [0.1, 0.15) is 5.82 Å². The van der Waals surface area contributed by atoms with Crippen LogP contribution in [0.1, 0.15) is 26.7 Å². The van der Waals surface area contributed by atoms with E-state index in [1.807, 2.05) is 12.3 Å². The van der Waals surface area contributed by atoms with Gasteiger partial charge in [0.05, 0.1) is 11.9 Å². The number of hydrogen-bond acceptors (Lipinski definition) is 3. The number of aromatic nitrogens is 1. The second-order valence-electron chi connectivity index (χ2n) is 5.33. The molecule has 2 rings (SSSR count). The molecule has 1 aliphatic heterocycles. The predicted octanol–water partition coefficient (Wildman–Crippen LogP) is 2.62. The van der Waals surface area contributed by atoms with Gasteiger partial charge < -0.3 is 15.5 Å². The summed E-state index contributed by atoms with van der Waals surface area (Å²) in [6.45, 7) is 7.43. The molecule has 0 unspecified atom stereocenters. The molecule has 0 amide bonds. The Morgan fingerprint density at radius 2 is 2.11 bits per heavy atom. The van der Waals surface area contributed by atoms with Crippen molar-refractivity contribution in [2.45, 2.75) is 26.7 Å². The number of anilines is 2. The minimum Gasteiger partial charge on any atom is -0.362 e. The summed E-state index contributed by atoms with van der Waals surface area (Å²) < 4.78 is 0. The largest absolute Gasteiger partial charge is 0.362 e. The number of rotatable bonds is 4. The lowest BCUT2D eigenvalue weighted by molar-refractivity contribution is 0.627. The summed E-state index contributed by atoms with van der Waals surface area (Å²) in [6, 6.07) is 4.09. The molecule has 2 heterocycles. The standard InChI is InChI=1S/C14H22N4S/c1-11(2)9-16-14(19)17-12-5-6-13(15-10-12)18-7-3-4-8-18/h5-6,10-11H,3-4,7-9H2,1-2H3,(H2,16,17,19). The smallest absolute Gasteiger partial charge is 0.170 e. The zero-order valence-corrected chi connectivity index (χ0v) is 12.5. The first-order valence-corrected chi connectivity index (χ1v) is 7.32. The molecule has 1 aromatic heterocycles. The first-order chi connectivity index (χ1) is 9.15. The molecular weight excluding hydrogens is 256 g/mol. The number of pyridine rings is 1. The summed E-state index contributed by atoms with van der Waals surface area (Å²) in [5.41, 5.74) is 0.934. The molecule has 0 atom stereocenters. The van der Waals surface area contributed by atoms with E-state index in [0.717, 1.165) is 31.1 Å². The van der Waals surface area contributed by atoms with Crippen molar-refractivity contribution >= 4 is 28.8 Å². The van der Waals surface area contributed by atoms with Crippen LogP contribution >= 0.6 is 12.2 Å². The van der Waals surface area contributed by atoms with E-state index in [2.05, 4.69) is 40.4 Å². The van der Waals surface area contributed by atoms with E-state index in [0.29, 0.717) is 11.0 Å². The van der Waals surface area contributed by atoms with Gasteiger partial charge in [-0.2, -0.15) is 0 Å². The Morgan fingerprint density at radius 3 is 2.68 bits per heavy atom. The second kappa shape index (κ2) is 6.70. The quantitative estimate of drug-likeness (QED) is 0.829. The summed E-state index contributed by atoms with van der Waals surface area (Å²) in [6.07, 6.45) is 4.38. The van der Waals surface area contributed by atoms with Gasteiger partial charge in [-0.05, 0) is 43.1 Å². The molecule has 2 N–H and O–H groups in total. The van der Waals surface area contributed by atoms with Crippen LogP contribution < -0.4 is 15.5 Å². The Morgan fingerprint density at radius 1 is 1.37 bits per heavy atom. The van der Waals surface area contributed by atoms with Gasteiger partial charge in [-0.3, -0.25) is 0 Å². The Balaban J connectivity index is 1.86. The summed E-state index contributed by atoms with van der Waals surface area (Å²) in [7, 11) is 0. The Labute approximate surface area is 120 Å². The fraction of sp³-hybridized carbons (Fsp3) is 0.571. The van der Waals surface area contributed by atoms with Crippen LogP contribution in [0.3, 0.4) is 0 Å². The molecule has 0 bridgehead atoms. The first kappa shape index (κ1) is 14.1. The second-order valence-corrected chi connectivity index (χ2v) is 5.74. The zero-order valence-electron chi connectivity index (χ0n) is 11.6. The lowest BCUT2D eigenvalue weighted by Gasteiger charge is -2.17. The van der Waals surface area contributed by atoms with E-state index in [1.165, 1.54) is 12.8 Å². The first-order valence-electron chi connectivity index (χ1n) is 6.91. The highest BCUT2D eigenvalue weighted by Gasteiger charge is 2.12. The molecule has 1 aromatic rings. The lowest BCUT2D eigenvalue weighted by atomic mass is 10.2. The molecule has 4 nitrogen and oxygen atoms in total. The maximum absolute atomic E-state index is 5.23. The van der Waals surface area contributed by atoms with Crippen LogP contribution in [0.4, 0.5) is 11.5 Å². The highest BCUT2D eigenvalue weighted by molar-refractivity contribution is 7.80. The van der Waals surface area contributed by atoms with Crippen LogP contribution in [0.15, 0.2) is 18.3 Å². The van der Waals surface area contributed by atoms with Crippen LogP contribution in [0, 0.1) is 5.92 Å². The normalized spacial score (nSPS) is 14.8. The van der Waals surface area contributed by atoms with Gasteiger partial charge in [0.2, 0.25) is 0 Å². The lowest BCUT2D eigenvalue weighted by Crippen LogP contribution is -2.31. The number of thiocarbonyl (C=S) groups is 1. The minimum atomic E-state index is 0.579. The fourth-order valence-corrected chi connectivity index (χ4v) is 2.27. The Bertz CT molecular complexity index is 410. The van der Waals surface area contributed by atoms with E-state index in [4.69, 9.17) is 12.2 Å². The SMILES string of the molecule is CC(C)CNC(=S)Nc1ccc(N2CCCC2)nc1.